The highest BCUT2D eigenvalue weighted by Gasteiger charge is 2.22. The Kier molecular flexibility index (Phi) is 4.67. The van der Waals surface area contributed by atoms with E-state index in [1.165, 1.54) is 11.1 Å². The molecule has 0 saturated carbocycles. The number of aryl methyl sites for hydroxylation is 3. The fourth-order valence-electron chi connectivity index (χ4n) is 3.37. The van der Waals surface area contributed by atoms with Crippen molar-refractivity contribution in [2.45, 2.75) is 47.1 Å². The molecule has 0 saturated heterocycles. The van der Waals surface area contributed by atoms with Gasteiger partial charge in [-0.05, 0) is 69.0 Å². The Morgan fingerprint density at radius 3 is 2.44 bits per heavy atom. The molecule has 0 aliphatic rings. The first-order chi connectivity index (χ1) is 11.9. The molecule has 2 aromatic carbocycles. The number of hydrogen-bond donors (Lipinski definition) is 1. The molecule has 1 N–H and O–H groups in total. The first kappa shape index (κ1) is 17.3. The molecular weight excluding hydrogens is 308 g/mol. The fraction of sp³-hybridized carbons (Fsp3) is 0.318. The van der Waals surface area contributed by atoms with Gasteiger partial charge in [0.25, 0.3) is 0 Å². The number of aromatic amines is 1. The van der Waals surface area contributed by atoms with Crippen molar-refractivity contribution in [3.8, 4) is 0 Å². The molecule has 3 aromatic rings. The van der Waals surface area contributed by atoms with E-state index < -0.39 is 0 Å². The standard InChI is InChI=1S/C22H26N2O/c1-14(2)24(21-11-16(4)6-8-17(21)5)22(25)12-18-13-23-20-10-15(3)7-9-19(18)20/h6-11,13-14,23H,12H2,1-5H3. The maximum absolute atomic E-state index is 13.1. The topological polar surface area (TPSA) is 36.1 Å². The third-order valence-corrected chi connectivity index (χ3v) is 4.67. The predicted molar refractivity (Wildman–Crippen MR) is 105 cm³/mol. The number of anilines is 1. The van der Waals surface area contributed by atoms with E-state index in [1.807, 2.05) is 11.1 Å². The maximum Gasteiger partial charge on any atom is 0.231 e. The second-order valence-corrected chi connectivity index (χ2v) is 7.19. The summed E-state index contributed by atoms with van der Waals surface area (Å²) in [5.74, 6) is 0.130. The van der Waals surface area contributed by atoms with E-state index in [9.17, 15) is 4.79 Å². The van der Waals surface area contributed by atoms with Gasteiger partial charge in [-0.3, -0.25) is 4.79 Å². The zero-order valence-electron chi connectivity index (χ0n) is 15.7. The van der Waals surface area contributed by atoms with Gasteiger partial charge in [-0.15, -0.1) is 0 Å². The van der Waals surface area contributed by atoms with Crippen LogP contribution in [-0.2, 0) is 11.2 Å². The largest absolute Gasteiger partial charge is 0.361 e. The van der Waals surface area contributed by atoms with Gasteiger partial charge in [0, 0.05) is 28.8 Å². The minimum absolute atomic E-state index is 0.112. The Bertz CT molecular complexity index is 921. The predicted octanol–water partition coefficient (Wildman–Crippen LogP) is 5.08. The van der Waals surface area contributed by atoms with E-state index in [1.54, 1.807) is 0 Å². The lowest BCUT2D eigenvalue weighted by atomic mass is 10.1. The van der Waals surface area contributed by atoms with Crippen LogP contribution < -0.4 is 4.90 Å². The summed E-state index contributed by atoms with van der Waals surface area (Å²) in [7, 11) is 0. The molecule has 0 fully saturated rings. The minimum Gasteiger partial charge on any atom is -0.361 e. The quantitative estimate of drug-likeness (QED) is 0.710. The van der Waals surface area contributed by atoms with Crippen molar-refractivity contribution in [3.63, 3.8) is 0 Å². The third kappa shape index (κ3) is 3.46. The van der Waals surface area contributed by atoms with Gasteiger partial charge in [-0.2, -0.15) is 0 Å². The van der Waals surface area contributed by atoms with Gasteiger partial charge < -0.3 is 9.88 Å². The van der Waals surface area contributed by atoms with Gasteiger partial charge in [0.1, 0.15) is 0 Å². The fourth-order valence-corrected chi connectivity index (χ4v) is 3.37. The van der Waals surface area contributed by atoms with Gasteiger partial charge in [-0.1, -0.05) is 24.3 Å². The molecule has 1 aromatic heterocycles. The Balaban J connectivity index is 1.94. The Labute approximate surface area is 149 Å². The van der Waals surface area contributed by atoms with Crippen LogP contribution in [0, 0.1) is 20.8 Å². The van der Waals surface area contributed by atoms with Crippen LogP contribution in [0.25, 0.3) is 10.9 Å². The average molecular weight is 334 g/mol. The minimum atomic E-state index is 0.112. The van der Waals surface area contributed by atoms with E-state index in [-0.39, 0.29) is 11.9 Å². The maximum atomic E-state index is 13.1. The van der Waals surface area contributed by atoms with Gasteiger partial charge in [0.15, 0.2) is 0 Å². The number of nitrogens with one attached hydrogen (secondary N) is 1. The highest BCUT2D eigenvalue weighted by Crippen LogP contribution is 2.26. The molecule has 0 radical (unpaired) electrons. The highest BCUT2D eigenvalue weighted by atomic mass is 16.2. The molecule has 0 spiro atoms. The van der Waals surface area contributed by atoms with E-state index in [0.29, 0.717) is 6.42 Å². The lowest BCUT2D eigenvalue weighted by Gasteiger charge is -2.29. The van der Waals surface area contributed by atoms with Gasteiger partial charge >= 0.3 is 0 Å². The summed E-state index contributed by atoms with van der Waals surface area (Å²) < 4.78 is 0. The monoisotopic (exact) mass is 334 g/mol. The van der Waals surface area contributed by atoms with Gasteiger partial charge in [0.05, 0.1) is 6.42 Å². The van der Waals surface area contributed by atoms with Crippen molar-refractivity contribution in [3.05, 3.63) is 64.8 Å². The number of carbonyl (C=O) groups is 1. The van der Waals surface area contributed by atoms with Gasteiger partial charge in [0.2, 0.25) is 5.91 Å². The normalized spacial score (nSPS) is 11.3. The number of benzene rings is 2. The summed E-state index contributed by atoms with van der Waals surface area (Å²) in [4.78, 5) is 18.4. The zero-order chi connectivity index (χ0) is 18.1. The van der Waals surface area contributed by atoms with Crippen molar-refractivity contribution in [2.75, 3.05) is 4.90 Å². The van der Waals surface area contributed by atoms with Crippen molar-refractivity contribution in [1.82, 2.24) is 4.98 Å². The Morgan fingerprint density at radius 1 is 1.04 bits per heavy atom. The van der Waals surface area contributed by atoms with Crippen LogP contribution >= 0.6 is 0 Å². The molecule has 1 heterocycles. The number of fused-ring (bicyclic) bond motifs is 1. The number of nitrogens with zero attached hydrogens (tertiary/aromatic N) is 1. The molecular formula is C22H26N2O. The first-order valence-corrected chi connectivity index (χ1v) is 8.82. The summed E-state index contributed by atoms with van der Waals surface area (Å²) in [6.45, 7) is 10.3. The summed E-state index contributed by atoms with van der Waals surface area (Å²) >= 11 is 0. The molecule has 0 unspecified atom stereocenters. The third-order valence-electron chi connectivity index (χ3n) is 4.67. The summed E-state index contributed by atoms with van der Waals surface area (Å²) in [5, 5.41) is 1.13. The van der Waals surface area contributed by atoms with Crippen LogP contribution in [0.1, 0.15) is 36.1 Å². The van der Waals surface area contributed by atoms with Crippen molar-refractivity contribution in [2.24, 2.45) is 0 Å². The van der Waals surface area contributed by atoms with Crippen LogP contribution in [0.5, 0.6) is 0 Å². The molecule has 0 atom stereocenters. The average Bonchev–Trinajstić information content (AvgIpc) is 2.92. The molecule has 130 valence electrons. The molecule has 0 aliphatic heterocycles. The van der Waals surface area contributed by atoms with Crippen molar-refractivity contribution in [1.29, 1.82) is 0 Å². The molecule has 25 heavy (non-hydrogen) atoms. The lowest BCUT2D eigenvalue weighted by molar-refractivity contribution is -0.118. The lowest BCUT2D eigenvalue weighted by Crippen LogP contribution is -2.38. The van der Waals surface area contributed by atoms with Gasteiger partial charge in [-0.25, -0.2) is 0 Å². The number of carbonyl (C=O) groups excluding carboxylic acids is 1. The van der Waals surface area contributed by atoms with E-state index in [0.717, 1.165) is 27.7 Å². The molecule has 0 bridgehead atoms. The second kappa shape index (κ2) is 6.75. The smallest absolute Gasteiger partial charge is 0.231 e. The molecule has 3 rings (SSSR count). The molecule has 3 nitrogen and oxygen atoms in total. The molecule has 1 amide bonds. The molecule has 3 heteroatoms. The van der Waals surface area contributed by atoms with E-state index in [2.05, 4.69) is 76.0 Å². The molecule has 0 aliphatic carbocycles. The van der Waals surface area contributed by atoms with Crippen LogP contribution in [-0.4, -0.2) is 16.9 Å². The zero-order valence-corrected chi connectivity index (χ0v) is 15.7. The van der Waals surface area contributed by atoms with Crippen LogP contribution in [0.3, 0.4) is 0 Å². The summed E-state index contributed by atoms with van der Waals surface area (Å²) in [6.07, 6.45) is 2.36. The Hall–Kier alpha value is -2.55. The number of hydrogen-bond acceptors (Lipinski definition) is 1. The highest BCUT2D eigenvalue weighted by molar-refractivity contribution is 5.98. The van der Waals surface area contributed by atoms with Crippen LogP contribution in [0.4, 0.5) is 5.69 Å². The second-order valence-electron chi connectivity index (χ2n) is 7.19. The number of rotatable bonds is 4. The summed E-state index contributed by atoms with van der Waals surface area (Å²) in [6, 6.07) is 12.7. The number of H-pyrrole nitrogens is 1. The van der Waals surface area contributed by atoms with Crippen molar-refractivity contribution >= 4 is 22.5 Å². The van der Waals surface area contributed by atoms with E-state index >= 15 is 0 Å². The Morgan fingerprint density at radius 2 is 1.72 bits per heavy atom. The summed E-state index contributed by atoms with van der Waals surface area (Å²) in [5.41, 5.74) is 6.66. The van der Waals surface area contributed by atoms with E-state index in [4.69, 9.17) is 0 Å². The van der Waals surface area contributed by atoms with Crippen molar-refractivity contribution < 1.29 is 4.79 Å². The SMILES string of the molecule is Cc1ccc(C)c(N(C(=O)Cc2c[nH]c3cc(C)ccc23)C(C)C)c1. The van der Waals surface area contributed by atoms with Crippen LogP contribution in [0.2, 0.25) is 0 Å². The number of aromatic nitrogens is 1. The first-order valence-electron chi connectivity index (χ1n) is 8.82. The van der Waals surface area contributed by atoms with Crippen LogP contribution in [0.15, 0.2) is 42.6 Å². The number of amides is 1.